The molecule has 0 unspecified atom stereocenters. The Hall–Kier alpha value is -1.52. The molecule has 0 N–H and O–H groups in total. The van der Waals surface area contributed by atoms with E-state index in [9.17, 15) is 13.6 Å². The number of aromatic nitrogens is 1. The Labute approximate surface area is 104 Å². The molecule has 98 valence electrons. The van der Waals surface area contributed by atoms with Crippen LogP contribution in [0.25, 0.3) is 0 Å². The monoisotopic (exact) mass is 255 g/mol. The van der Waals surface area contributed by atoms with Crippen molar-refractivity contribution in [1.82, 2.24) is 4.98 Å². The van der Waals surface area contributed by atoms with Gasteiger partial charge in [0.2, 0.25) is 5.92 Å². The van der Waals surface area contributed by atoms with Gasteiger partial charge in [0.25, 0.3) is 0 Å². The van der Waals surface area contributed by atoms with Crippen LogP contribution in [0.1, 0.15) is 36.0 Å². The standard InChI is InChI=1S/C13H15F2NO2/c1-18-11-6-10(7-16-8-11)12(17)9-2-4-13(14,15)5-3-9/h6-9H,2-5H2,1H3. The fraction of sp³-hybridized carbons (Fsp3) is 0.538. The van der Waals surface area contributed by atoms with Gasteiger partial charge in [-0.3, -0.25) is 9.78 Å². The molecule has 1 fully saturated rings. The van der Waals surface area contributed by atoms with Gasteiger partial charge in [0, 0.05) is 30.5 Å². The molecule has 1 aromatic heterocycles. The van der Waals surface area contributed by atoms with Crippen molar-refractivity contribution in [2.45, 2.75) is 31.6 Å². The van der Waals surface area contributed by atoms with Crippen molar-refractivity contribution in [2.75, 3.05) is 7.11 Å². The minimum atomic E-state index is -2.61. The van der Waals surface area contributed by atoms with Gasteiger partial charge >= 0.3 is 0 Å². The number of methoxy groups -OCH3 is 1. The van der Waals surface area contributed by atoms with Crippen LogP contribution in [-0.4, -0.2) is 23.8 Å². The number of carbonyl (C=O) groups excluding carboxylic acids is 1. The number of Topliss-reactive ketones (excluding diaryl/α,β-unsaturated/α-hetero) is 1. The maximum Gasteiger partial charge on any atom is 0.248 e. The van der Waals surface area contributed by atoms with Gasteiger partial charge in [0.15, 0.2) is 5.78 Å². The first-order valence-electron chi connectivity index (χ1n) is 5.93. The number of hydrogen-bond acceptors (Lipinski definition) is 3. The van der Waals surface area contributed by atoms with E-state index in [1.165, 1.54) is 19.5 Å². The lowest BCUT2D eigenvalue weighted by molar-refractivity contribution is -0.0424. The smallest absolute Gasteiger partial charge is 0.248 e. The lowest BCUT2D eigenvalue weighted by Crippen LogP contribution is -2.28. The van der Waals surface area contributed by atoms with Gasteiger partial charge in [0.05, 0.1) is 13.3 Å². The normalized spacial score (nSPS) is 19.5. The van der Waals surface area contributed by atoms with Crippen LogP contribution < -0.4 is 4.74 Å². The van der Waals surface area contributed by atoms with Gasteiger partial charge in [-0.15, -0.1) is 0 Å². The second kappa shape index (κ2) is 5.00. The topological polar surface area (TPSA) is 39.2 Å². The average Bonchev–Trinajstić information content (AvgIpc) is 2.38. The highest BCUT2D eigenvalue weighted by atomic mass is 19.3. The molecule has 0 amide bonds. The van der Waals surface area contributed by atoms with E-state index >= 15 is 0 Å². The van der Waals surface area contributed by atoms with E-state index in [2.05, 4.69) is 4.98 Å². The van der Waals surface area contributed by atoms with Crippen LogP contribution in [0.2, 0.25) is 0 Å². The zero-order valence-electron chi connectivity index (χ0n) is 10.2. The summed E-state index contributed by atoms with van der Waals surface area (Å²) in [6.45, 7) is 0. The molecular formula is C13H15F2NO2. The predicted octanol–water partition coefficient (Wildman–Crippen LogP) is 3.10. The highest BCUT2D eigenvalue weighted by Crippen LogP contribution is 2.37. The Kier molecular flexibility index (Phi) is 3.59. The van der Waals surface area contributed by atoms with E-state index in [1.54, 1.807) is 6.07 Å². The molecule has 1 aromatic rings. The zero-order valence-corrected chi connectivity index (χ0v) is 10.2. The molecule has 0 atom stereocenters. The summed E-state index contributed by atoms with van der Waals surface area (Å²) in [5.74, 6) is -2.54. The van der Waals surface area contributed by atoms with Crippen LogP contribution in [0.3, 0.4) is 0 Å². The fourth-order valence-corrected chi connectivity index (χ4v) is 2.20. The van der Waals surface area contributed by atoms with E-state index in [0.717, 1.165) is 0 Å². The predicted molar refractivity (Wildman–Crippen MR) is 62.0 cm³/mol. The van der Waals surface area contributed by atoms with Crippen molar-refractivity contribution in [3.63, 3.8) is 0 Å². The Bertz CT molecular complexity index is 438. The summed E-state index contributed by atoms with van der Waals surface area (Å²) in [6.07, 6.45) is 3.02. The first kappa shape index (κ1) is 12.9. The summed E-state index contributed by atoms with van der Waals surface area (Å²) in [5, 5.41) is 0. The van der Waals surface area contributed by atoms with Crippen LogP contribution in [0.5, 0.6) is 5.75 Å². The van der Waals surface area contributed by atoms with Crippen LogP contribution in [0, 0.1) is 5.92 Å². The van der Waals surface area contributed by atoms with E-state index in [1.807, 2.05) is 0 Å². The summed E-state index contributed by atoms with van der Waals surface area (Å²) in [4.78, 5) is 16.0. The van der Waals surface area contributed by atoms with Crippen LogP contribution >= 0.6 is 0 Å². The van der Waals surface area contributed by atoms with Gasteiger partial charge < -0.3 is 4.74 Å². The zero-order chi connectivity index (χ0) is 13.2. The lowest BCUT2D eigenvalue weighted by Gasteiger charge is -2.27. The molecule has 0 spiro atoms. The van der Waals surface area contributed by atoms with E-state index in [-0.39, 0.29) is 37.4 Å². The third-order valence-corrected chi connectivity index (χ3v) is 3.32. The minimum Gasteiger partial charge on any atom is -0.495 e. The highest BCUT2D eigenvalue weighted by molar-refractivity contribution is 5.97. The van der Waals surface area contributed by atoms with Gasteiger partial charge in [-0.2, -0.15) is 0 Å². The second-order valence-electron chi connectivity index (χ2n) is 4.61. The van der Waals surface area contributed by atoms with Gasteiger partial charge in [-0.1, -0.05) is 0 Å². The molecule has 0 saturated heterocycles. The molecule has 1 aliphatic rings. The molecule has 1 saturated carbocycles. The third kappa shape index (κ3) is 2.83. The first-order valence-corrected chi connectivity index (χ1v) is 5.93. The number of carbonyl (C=O) groups is 1. The van der Waals surface area contributed by atoms with Gasteiger partial charge in [-0.25, -0.2) is 8.78 Å². The second-order valence-corrected chi connectivity index (χ2v) is 4.61. The van der Waals surface area contributed by atoms with Crippen molar-refractivity contribution >= 4 is 5.78 Å². The van der Waals surface area contributed by atoms with Crippen molar-refractivity contribution in [3.8, 4) is 5.75 Å². The van der Waals surface area contributed by atoms with Crippen LogP contribution in [0.15, 0.2) is 18.5 Å². The van der Waals surface area contributed by atoms with Gasteiger partial charge in [-0.05, 0) is 18.9 Å². The molecule has 0 aromatic carbocycles. The van der Waals surface area contributed by atoms with Crippen molar-refractivity contribution < 1.29 is 18.3 Å². The quantitative estimate of drug-likeness (QED) is 0.779. The molecule has 1 aliphatic carbocycles. The van der Waals surface area contributed by atoms with E-state index in [4.69, 9.17) is 4.74 Å². The van der Waals surface area contributed by atoms with Crippen LogP contribution in [-0.2, 0) is 0 Å². The molecule has 18 heavy (non-hydrogen) atoms. The Balaban J connectivity index is 2.07. The number of nitrogens with zero attached hydrogens (tertiary/aromatic N) is 1. The molecule has 3 nitrogen and oxygen atoms in total. The average molecular weight is 255 g/mol. The van der Waals surface area contributed by atoms with Crippen molar-refractivity contribution in [2.24, 2.45) is 5.92 Å². The molecule has 1 heterocycles. The van der Waals surface area contributed by atoms with Crippen molar-refractivity contribution in [3.05, 3.63) is 24.0 Å². The first-order chi connectivity index (χ1) is 8.52. The largest absolute Gasteiger partial charge is 0.495 e. The highest BCUT2D eigenvalue weighted by Gasteiger charge is 2.37. The molecule has 0 bridgehead atoms. The number of rotatable bonds is 3. The summed E-state index contributed by atoms with van der Waals surface area (Å²) in [7, 11) is 1.49. The minimum absolute atomic E-state index is 0.114. The number of alkyl halides is 2. The Morgan fingerprint density at radius 1 is 1.39 bits per heavy atom. The summed E-state index contributed by atoms with van der Waals surface area (Å²) < 4.78 is 31.0. The fourth-order valence-electron chi connectivity index (χ4n) is 2.20. The Morgan fingerprint density at radius 2 is 2.06 bits per heavy atom. The molecule has 0 aliphatic heterocycles. The number of hydrogen-bond donors (Lipinski definition) is 0. The number of ketones is 1. The Morgan fingerprint density at radius 3 is 2.67 bits per heavy atom. The SMILES string of the molecule is COc1cncc(C(=O)C2CCC(F)(F)CC2)c1. The maximum absolute atomic E-state index is 13.0. The van der Waals surface area contributed by atoms with Gasteiger partial charge in [0.1, 0.15) is 5.75 Å². The molecule has 5 heteroatoms. The summed E-state index contributed by atoms with van der Waals surface area (Å²) in [5.41, 5.74) is 0.435. The number of ether oxygens (including phenoxy) is 1. The lowest BCUT2D eigenvalue weighted by atomic mass is 9.82. The summed E-state index contributed by atoms with van der Waals surface area (Å²) in [6, 6.07) is 1.60. The molecule has 0 radical (unpaired) electrons. The molecular weight excluding hydrogens is 240 g/mol. The van der Waals surface area contributed by atoms with E-state index in [0.29, 0.717) is 11.3 Å². The van der Waals surface area contributed by atoms with Crippen molar-refractivity contribution in [1.29, 1.82) is 0 Å². The number of pyridine rings is 1. The maximum atomic E-state index is 13.0. The van der Waals surface area contributed by atoms with Crippen LogP contribution in [0.4, 0.5) is 8.78 Å². The number of halogens is 2. The third-order valence-electron chi connectivity index (χ3n) is 3.32. The van der Waals surface area contributed by atoms with E-state index < -0.39 is 5.92 Å². The molecule has 2 rings (SSSR count). The summed E-state index contributed by atoms with van der Waals surface area (Å²) >= 11 is 0.